The zero-order chi connectivity index (χ0) is 12.9. The van der Waals surface area contributed by atoms with Crippen LogP contribution in [-0.4, -0.2) is 26.5 Å². The summed E-state index contributed by atoms with van der Waals surface area (Å²) >= 11 is 1.78. The van der Waals surface area contributed by atoms with Crippen molar-refractivity contribution in [3.8, 4) is 0 Å². The molecule has 17 heavy (non-hydrogen) atoms. The van der Waals surface area contributed by atoms with Crippen LogP contribution >= 0.6 is 11.3 Å². The predicted molar refractivity (Wildman–Crippen MR) is 74.4 cm³/mol. The van der Waals surface area contributed by atoms with Crippen molar-refractivity contribution >= 4 is 21.2 Å². The van der Waals surface area contributed by atoms with Crippen LogP contribution in [0.15, 0.2) is 12.1 Å². The highest BCUT2D eigenvalue weighted by Crippen LogP contribution is 2.21. The van der Waals surface area contributed by atoms with Gasteiger partial charge in [-0.25, -0.2) is 8.42 Å². The van der Waals surface area contributed by atoms with Crippen molar-refractivity contribution in [1.29, 1.82) is 0 Å². The largest absolute Gasteiger partial charge is 0.309 e. The monoisotopic (exact) mass is 275 g/mol. The van der Waals surface area contributed by atoms with E-state index in [9.17, 15) is 8.42 Å². The van der Waals surface area contributed by atoms with Crippen molar-refractivity contribution in [2.45, 2.75) is 33.2 Å². The Labute approximate surface area is 108 Å². The van der Waals surface area contributed by atoms with Crippen LogP contribution in [0.4, 0.5) is 0 Å². The Morgan fingerprint density at radius 2 is 2.12 bits per heavy atom. The molecule has 1 heterocycles. The molecule has 1 aromatic heterocycles. The van der Waals surface area contributed by atoms with Crippen molar-refractivity contribution in [2.24, 2.45) is 0 Å². The van der Waals surface area contributed by atoms with Gasteiger partial charge in [0.25, 0.3) is 0 Å². The molecule has 0 saturated carbocycles. The van der Waals surface area contributed by atoms with E-state index in [1.807, 2.05) is 0 Å². The van der Waals surface area contributed by atoms with Gasteiger partial charge in [-0.1, -0.05) is 6.92 Å². The number of thiophene rings is 1. The van der Waals surface area contributed by atoms with Crippen molar-refractivity contribution in [3.63, 3.8) is 0 Å². The fourth-order valence-electron chi connectivity index (χ4n) is 1.54. The molecule has 0 bridgehead atoms. The van der Waals surface area contributed by atoms with E-state index in [1.165, 1.54) is 9.75 Å². The van der Waals surface area contributed by atoms with Crippen molar-refractivity contribution in [2.75, 3.05) is 18.1 Å². The third kappa shape index (κ3) is 5.19. The summed E-state index contributed by atoms with van der Waals surface area (Å²) in [4.78, 5) is 2.61. The minimum absolute atomic E-state index is 0.243. The number of aryl methyl sites for hydroxylation is 1. The summed E-state index contributed by atoms with van der Waals surface area (Å²) in [5.41, 5.74) is 0. The van der Waals surface area contributed by atoms with E-state index in [1.54, 1.807) is 18.3 Å². The molecule has 1 rings (SSSR count). The van der Waals surface area contributed by atoms with E-state index in [-0.39, 0.29) is 11.5 Å². The second-order valence-corrected chi connectivity index (χ2v) is 8.01. The van der Waals surface area contributed by atoms with Gasteiger partial charge in [-0.15, -0.1) is 11.3 Å². The summed E-state index contributed by atoms with van der Waals surface area (Å²) in [6.45, 7) is 6.64. The molecular weight excluding hydrogens is 254 g/mol. The first-order valence-corrected chi connectivity index (χ1v) is 8.58. The minimum Gasteiger partial charge on any atom is -0.309 e. The molecule has 0 spiro atoms. The molecule has 98 valence electrons. The first-order chi connectivity index (χ1) is 7.94. The maximum atomic E-state index is 11.3. The molecule has 3 nitrogen and oxygen atoms in total. The van der Waals surface area contributed by atoms with Crippen LogP contribution in [-0.2, 0) is 9.84 Å². The number of hydrogen-bond acceptors (Lipinski definition) is 4. The van der Waals surface area contributed by atoms with E-state index in [0.717, 1.165) is 6.54 Å². The van der Waals surface area contributed by atoms with Gasteiger partial charge in [0.05, 0.1) is 5.75 Å². The van der Waals surface area contributed by atoms with Gasteiger partial charge < -0.3 is 5.32 Å². The Hall–Kier alpha value is -0.390. The molecular formula is C12H21NO2S2. The molecule has 1 atom stereocenters. The zero-order valence-electron chi connectivity index (χ0n) is 10.7. The fourth-order valence-corrected chi connectivity index (χ4v) is 3.32. The molecule has 1 N–H and O–H groups in total. The summed E-state index contributed by atoms with van der Waals surface area (Å²) in [7, 11) is -2.82. The van der Waals surface area contributed by atoms with Crippen LogP contribution in [0.2, 0.25) is 0 Å². The molecule has 5 heteroatoms. The lowest BCUT2D eigenvalue weighted by molar-refractivity contribution is 0.565. The molecule has 0 aliphatic carbocycles. The Bertz CT molecular complexity index is 437. The molecule has 0 radical (unpaired) electrons. The van der Waals surface area contributed by atoms with E-state index in [2.05, 4.69) is 31.3 Å². The van der Waals surface area contributed by atoms with E-state index >= 15 is 0 Å². The average molecular weight is 275 g/mol. The van der Waals surface area contributed by atoms with Gasteiger partial charge in [-0.05, 0) is 38.9 Å². The summed E-state index contributed by atoms with van der Waals surface area (Å²) in [6.07, 6.45) is 0.685. The van der Waals surface area contributed by atoms with Crippen LogP contribution < -0.4 is 5.32 Å². The van der Waals surface area contributed by atoms with Gasteiger partial charge in [0.2, 0.25) is 0 Å². The molecule has 1 unspecified atom stereocenters. The highest BCUT2D eigenvalue weighted by atomic mass is 32.2. The number of hydrogen-bond donors (Lipinski definition) is 1. The predicted octanol–water partition coefficient (Wildman–Crippen LogP) is 2.53. The van der Waals surface area contributed by atoms with E-state index < -0.39 is 9.84 Å². The van der Waals surface area contributed by atoms with Crippen LogP contribution in [0, 0.1) is 6.92 Å². The lowest BCUT2D eigenvalue weighted by atomic mass is 10.2. The molecule has 0 saturated heterocycles. The van der Waals surface area contributed by atoms with Crippen molar-refractivity contribution < 1.29 is 8.42 Å². The van der Waals surface area contributed by atoms with Crippen molar-refractivity contribution in [1.82, 2.24) is 5.32 Å². The summed E-state index contributed by atoms with van der Waals surface area (Å²) in [5, 5.41) is 3.35. The number of rotatable bonds is 7. The molecule has 0 aliphatic heterocycles. The zero-order valence-corrected chi connectivity index (χ0v) is 12.3. The Kier molecular flexibility index (Phi) is 5.62. The maximum absolute atomic E-state index is 11.3. The van der Waals surface area contributed by atoms with E-state index in [4.69, 9.17) is 0 Å². The summed E-state index contributed by atoms with van der Waals surface area (Å²) < 4.78 is 22.6. The lowest BCUT2D eigenvalue weighted by Gasteiger charge is -2.11. The third-order valence-electron chi connectivity index (χ3n) is 2.71. The average Bonchev–Trinajstić information content (AvgIpc) is 2.71. The molecule has 1 aromatic rings. The van der Waals surface area contributed by atoms with Crippen LogP contribution in [0.1, 0.15) is 36.1 Å². The number of nitrogens with one attached hydrogen (secondary N) is 1. The minimum atomic E-state index is -2.82. The SMILES string of the molecule is CCS(=O)(=O)CCCNC(C)c1ccc(C)s1. The summed E-state index contributed by atoms with van der Waals surface area (Å²) in [6, 6.07) is 4.54. The molecule has 0 amide bonds. The lowest BCUT2D eigenvalue weighted by Crippen LogP contribution is -2.21. The number of sulfone groups is 1. The van der Waals surface area contributed by atoms with Gasteiger partial charge in [0, 0.05) is 21.5 Å². The first kappa shape index (κ1) is 14.7. The second kappa shape index (κ2) is 6.52. The third-order valence-corrected chi connectivity index (χ3v) is 5.68. The highest BCUT2D eigenvalue weighted by molar-refractivity contribution is 7.91. The standard InChI is InChI=1S/C12H21NO2S2/c1-4-17(14,15)9-5-8-13-11(3)12-7-6-10(2)16-12/h6-7,11,13H,4-5,8-9H2,1-3H3. The van der Waals surface area contributed by atoms with Crippen molar-refractivity contribution in [3.05, 3.63) is 21.9 Å². The second-order valence-electron chi connectivity index (χ2n) is 4.21. The Balaban J connectivity index is 2.28. The Morgan fingerprint density at radius 3 is 2.65 bits per heavy atom. The van der Waals surface area contributed by atoms with Gasteiger partial charge >= 0.3 is 0 Å². The van der Waals surface area contributed by atoms with Gasteiger partial charge in [-0.3, -0.25) is 0 Å². The highest BCUT2D eigenvalue weighted by Gasteiger charge is 2.09. The van der Waals surface area contributed by atoms with Gasteiger partial charge in [0.1, 0.15) is 9.84 Å². The van der Waals surface area contributed by atoms with Gasteiger partial charge in [0.15, 0.2) is 0 Å². The molecule has 0 aliphatic rings. The smallest absolute Gasteiger partial charge is 0.150 e. The topological polar surface area (TPSA) is 46.2 Å². The first-order valence-electron chi connectivity index (χ1n) is 5.94. The van der Waals surface area contributed by atoms with Gasteiger partial charge in [-0.2, -0.15) is 0 Å². The summed E-state index contributed by atoms with van der Waals surface area (Å²) in [5.74, 6) is 0.527. The molecule has 0 aromatic carbocycles. The Morgan fingerprint density at radius 1 is 1.41 bits per heavy atom. The van der Waals surface area contributed by atoms with Crippen LogP contribution in [0.5, 0.6) is 0 Å². The van der Waals surface area contributed by atoms with Crippen LogP contribution in [0.25, 0.3) is 0 Å². The maximum Gasteiger partial charge on any atom is 0.150 e. The molecule has 0 fully saturated rings. The fraction of sp³-hybridized carbons (Fsp3) is 0.667. The van der Waals surface area contributed by atoms with Crippen LogP contribution in [0.3, 0.4) is 0 Å². The van der Waals surface area contributed by atoms with E-state index in [0.29, 0.717) is 12.5 Å². The quantitative estimate of drug-likeness (QED) is 0.778. The normalized spacial score (nSPS) is 13.8.